The number of nitrogens with zero attached hydrogens (tertiary/aromatic N) is 2. The van der Waals surface area contributed by atoms with Crippen LogP contribution in [-0.4, -0.2) is 28.3 Å². The second-order valence-electron chi connectivity index (χ2n) is 5.69. The van der Waals surface area contributed by atoms with Crippen LogP contribution in [-0.2, 0) is 6.42 Å². The van der Waals surface area contributed by atoms with Crippen LogP contribution in [0.3, 0.4) is 0 Å². The average molecular weight is 228 g/mol. The predicted molar refractivity (Wildman–Crippen MR) is 65.6 cm³/mol. The van der Waals surface area contributed by atoms with Crippen LogP contribution in [0.4, 0.5) is 0 Å². The molecule has 1 saturated carbocycles. The molecule has 2 aromatic rings. The second kappa shape index (κ2) is 3.29. The van der Waals surface area contributed by atoms with Crippen LogP contribution in [0.5, 0.6) is 0 Å². The lowest BCUT2D eigenvalue weighted by atomic mass is 9.57. The molecule has 2 aliphatic rings. The van der Waals surface area contributed by atoms with E-state index in [1.165, 1.54) is 31.6 Å². The Morgan fingerprint density at radius 2 is 2.18 bits per heavy atom. The molecular formula is C13H16N4. The van der Waals surface area contributed by atoms with Crippen molar-refractivity contribution in [1.29, 1.82) is 0 Å². The normalized spacial score (nSPS) is 22.6. The van der Waals surface area contributed by atoms with Crippen LogP contribution >= 0.6 is 0 Å². The van der Waals surface area contributed by atoms with Gasteiger partial charge in [0.1, 0.15) is 5.52 Å². The molecule has 2 N–H and O–H groups in total. The van der Waals surface area contributed by atoms with Crippen LogP contribution in [0.2, 0.25) is 0 Å². The van der Waals surface area contributed by atoms with E-state index in [1.54, 1.807) is 6.20 Å². The highest BCUT2D eigenvalue weighted by Gasteiger charge is 2.47. The largest absolute Gasteiger partial charge is 0.316 e. The second-order valence-corrected chi connectivity index (χ2v) is 5.69. The predicted octanol–water partition coefficient (Wildman–Crippen LogP) is 1.50. The first kappa shape index (κ1) is 9.59. The molecule has 2 fully saturated rings. The van der Waals surface area contributed by atoms with Crippen LogP contribution in [0.1, 0.15) is 18.5 Å². The van der Waals surface area contributed by atoms with E-state index < -0.39 is 0 Å². The molecule has 1 aliphatic carbocycles. The summed E-state index contributed by atoms with van der Waals surface area (Å²) in [5.74, 6) is 0.842. The Hall–Kier alpha value is -1.42. The van der Waals surface area contributed by atoms with Crippen molar-refractivity contribution >= 4 is 11.0 Å². The summed E-state index contributed by atoms with van der Waals surface area (Å²) in [6.45, 7) is 2.47. The fraction of sp³-hybridized carbons (Fsp3) is 0.538. The van der Waals surface area contributed by atoms with E-state index in [0.717, 1.165) is 23.4 Å². The summed E-state index contributed by atoms with van der Waals surface area (Å²) in [7, 11) is 0. The van der Waals surface area contributed by atoms with E-state index >= 15 is 0 Å². The molecule has 1 saturated heterocycles. The van der Waals surface area contributed by atoms with Crippen LogP contribution < -0.4 is 5.32 Å². The zero-order valence-corrected chi connectivity index (χ0v) is 9.74. The third-order valence-electron chi connectivity index (χ3n) is 4.30. The first-order valence-corrected chi connectivity index (χ1v) is 6.33. The fourth-order valence-electron chi connectivity index (χ4n) is 3.36. The molecule has 4 rings (SSSR count). The van der Waals surface area contributed by atoms with E-state index in [4.69, 9.17) is 0 Å². The monoisotopic (exact) mass is 228 g/mol. The van der Waals surface area contributed by atoms with E-state index in [0.29, 0.717) is 5.41 Å². The van der Waals surface area contributed by atoms with Gasteiger partial charge in [0.2, 0.25) is 0 Å². The van der Waals surface area contributed by atoms with E-state index in [2.05, 4.69) is 32.6 Å². The van der Waals surface area contributed by atoms with Crippen LogP contribution in [0.15, 0.2) is 18.3 Å². The maximum atomic E-state index is 4.64. The van der Waals surface area contributed by atoms with Crippen molar-refractivity contribution < 1.29 is 0 Å². The molecule has 3 heterocycles. The molecule has 0 bridgehead atoms. The minimum absolute atomic E-state index is 0.671. The van der Waals surface area contributed by atoms with E-state index in [-0.39, 0.29) is 0 Å². The smallest absolute Gasteiger partial charge is 0.108 e. The number of hydrogen-bond acceptors (Lipinski definition) is 3. The third-order valence-corrected chi connectivity index (χ3v) is 4.30. The maximum absolute atomic E-state index is 4.64. The van der Waals surface area contributed by atoms with Crippen molar-refractivity contribution in [3.05, 3.63) is 24.0 Å². The highest BCUT2D eigenvalue weighted by molar-refractivity contribution is 5.72. The number of hydrogen-bond donors (Lipinski definition) is 2. The van der Waals surface area contributed by atoms with Crippen molar-refractivity contribution in [2.45, 2.75) is 19.3 Å². The van der Waals surface area contributed by atoms with Gasteiger partial charge in [-0.15, -0.1) is 0 Å². The Morgan fingerprint density at radius 1 is 1.29 bits per heavy atom. The van der Waals surface area contributed by atoms with Gasteiger partial charge < -0.3 is 5.32 Å². The van der Waals surface area contributed by atoms with Crippen molar-refractivity contribution in [2.24, 2.45) is 11.3 Å². The minimum atomic E-state index is 0.671. The zero-order chi connectivity index (χ0) is 11.3. The van der Waals surface area contributed by atoms with Gasteiger partial charge in [-0.3, -0.25) is 5.10 Å². The van der Waals surface area contributed by atoms with Crippen molar-refractivity contribution in [1.82, 2.24) is 20.5 Å². The number of fused-ring (bicyclic) bond motifs is 1. The molecule has 0 atom stereocenters. The topological polar surface area (TPSA) is 53.6 Å². The van der Waals surface area contributed by atoms with Crippen LogP contribution in [0, 0.1) is 11.3 Å². The fourth-order valence-corrected chi connectivity index (χ4v) is 3.36. The Kier molecular flexibility index (Phi) is 1.86. The standard InChI is InChI=1S/C13H16N4/c1-2-11-12(6-15-17-11)16-10(1)3-9-4-13(5-9)7-14-8-13/h1-2,6,9,14H,3-5,7-8H2,(H,15,17). The van der Waals surface area contributed by atoms with Gasteiger partial charge in [-0.05, 0) is 42.7 Å². The van der Waals surface area contributed by atoms with Crippen molar-refractivity contribution in [2.75, 3.05) is 13.1 Å². The van der Waals surface area contributed by atoms with E-state index in [1.807, 2.05) is 0 Å². The highest BCUT2D eigenvalue weighted by atomic mass is 15.1. The lowest BCUT2D eigenvalue weighted by Crippen LogP contribution is -2.60. The molecule has 4 heteroatoms. The van der Waals surface area contributed by atoms with Gasteiger partial charge in [0.15, 0.2) is 0 Å². The van der Waals surface area contributed by atoms with Crippen molar-refractivity contribution in [3.8, 4) is 0 Å². The Morgan fingerprint density at radius 3 is 2.94 bits per heavy atom. The summed E-state index contributed by atoms with van der Waals surface area (Å²) < 4.78 is 0. The SMILES string of the molecule is c1cc2[nH]ncc2nc1CC1CC2(CNC2)C1. The van der Waals surface area contributed by atoms with Gasteiger partial charge in [-0.2, -0.15) is 5.10 Å². The number of aromatic amines is 1. The van der Waals surface area contributed by atoms with Crippen LogP contribution in [0.25, 0.3) is 11.0 Å². The first-order valence-electron chi connectivity index (χ1n) is 6.33. The molecule has 0 radical (unpaired) electrons. The quantitative estimate of drug-likeness (QED) is 0.819. The van der Waals surface area contributed by atoms with Gasteiger partial charge in [0, 0.05) is 18.8 Å². The molecule has 1 spiro atoms. The summed E-state index contributed by atoms with van der Waals surface area (Å²) >= 11 is 0. The summed E-state index contributed by atoms with van der Waals surface area (Å²) in [4.78, 5) is 4.64. The molecule has 17 heavy (non-hydrogen) atoms. The Balaban J connectivity index is 1.48. The highest BCUT2D eigenvalue weighted by Crippen LogP contribution is 2.49. The molecule has 2 aromatic heterocycles. The molecule has 0 amide bonds. The number of rotatable bonds is 2. The summed E-state index contributed by atoms with van der Waals surface area (Å²) in [6, 6.07) is 4.22. The lowest BCUT2D eigenvalue weighted by Gasteiger charge is -2.54. The van der Waals surface area contributed by atoms with Gasteiger partial charge in [0.05, 0.1) is 11.7 Å². The number of pyridine rings is 1. The van der Waals surface area contributed by atoms with E-state index in [9.17, 15) is 0 Å². The third kappa shape index (κ3) is 1.47. The van der Waals surface area contributed by atoms with Crippen molar-refractivity contribution in [3.63, 3.8) is 0 Å². The zero-order valence-electron chi connectivity index (χ0n) is 9.74. The first-order chi connectivity index (χ1) is 8.33. The number of H-pyrrole nitrogens is 1. The lowest BCUT2D eigenvalue weighted by molar-refractivity contribution is 0.000521. The number of aromatic nitrogens is 3. The molecular weight excluding hydrogens is 212 g/mol. The average Bonchev–Trinajstić information content (AvgIpc) is 2.67. The molecule has 4 nitrogen and oxygen atoms in total. The molecule has 1 aliphatic heterocycles. The van der Waals surface area contributed by atoms with Gasteiger partial charge in [-0.25, -0.2) is 4.98 Å². The summed E-state index contributed by atoms with van der Waals surface area (Å²) in [5.41, 5.74) is 3.90. The Bertz CT molecular complexity index is 547. The molecule has 0 aromatic carbocycles. The molecule has 0 unspecified atom stereocenters. The summed E-state index contributed by atoms with van der Waals surface area (Å²) in [5, 5.41) is 10.3. The summed E-state index contributed by atoms with van der Waals surface area (Å²) in [6.07, 6.45) is 5.69. The van der Waals surface area contributed by atoms with Gasteiger partial charge in [-0.1, -0.05) is 0 Å². The Labute approximate surface area is 99.8 Å². The minimum Gasteiger partial charge on any atom is -0.316 e. The molecule has 88 valence electrons. The number of nitrogens with one attached hydrogen (secondary N) is 2. The maximum Gasteiger partial charge on any atom is 0.108 e. The van der Waals surface area contributed by atoms with Gasteiger partial charge >= 0.3 is 0 Å². The van der Waals surface area contributed by atoms with Gasteiger partial charge in [0.25, 0.3) is 0 Å².